The Bertz CT molecular complexity index is 1070. The van der Waals surface area contributed by atoms with E-state index in [0.717, 1.165) is 0 Å². The van der Waals surface area contributed by atoms with Crippen LogP contribution in [0.1, 0.15) is 18.9 Å². The molecule has 2 unspecified atom stereocenters. The van der Waals surface area contributed by atoms with Crippen LogP contribution in [0.4, 0.5) is 5.69 Å². The van der Waals surface area contributed by atoms with Gasteiger partial charge in [0.15, 0.2) is 10.8 Å². The van der Waals surface area contributed by atoms with E-state index >= 15 is 0 Å². The lowest BCUT2D eigenvalue weighted by atomic mass is 9.95. The summed E-state index contributed by atoms with van der Waals surface area (Å²) in [6.07, 6.45) is 0.659. The highest BCUT2D eigenvalue weighted by molar-refractivity contribution is 8.03. The predicted octanol–water partition coefficient (Wildman–Crippen LogP) is 4.48. The Hall–Kier alpha value is -3.04. The van der Waals surface area contributed by atoms with E-state index in [2.05, 4.69) is 0 Å². The highest BCUT2D eigenvalue weighted by atomic mass is 35.5. The van der Waals surface area contributed by atoms with Gasteiger partial charge in [-0.1, -0.05) is 30.3 Å². The first-order valence-corrected chi connectivity index (χ1v) is 10.7. The quantitative estimate of drug-likeness (QED) is 0.260. The molecule has 10 heteroatoms. The van der Waals surface area contributed by atoms with E-state index in [0.29, 0.717) is 27.8 Å². The number of non-ortho nitro benzene ring substituents is 1. The number of carbonyl (C=O) groups is 2. The molecule has 4 rings (SSSR count). The van der Waals surface area contributed by atoms with E-state index in [1.807, 2.05) is 6.92 Å². The van der Waals surface area contributed by atoms with Crippen LogP contribution in [0.2, 0.25) is 5.02 Å². The molecule has 160 valence electrons. The molecule has 1 saturated heterocycles. The van der Waals surface area contributed by atoms with Gasteiger partial charge in [0.2, 0.25) is 5.91 Å². The number of β-lactam (4-membered cyclic amide) rings is 1. The average Bonchev–Trinajstić information content (AvgIpc) is 3.08. The maximum absolute atomic E-state index is 12.9. The molecule has 0 spiro atoms. The molecule has 0 saturated carbocycles. The van der Waals surface area contributed by atoms with Crippen LogP contribution < -0.4 is 4.74 Å². The molecular weight excluding hydrogens is 444 g/mol. The monoisotopic (exact) mass is 460 g/mol. The first kappa shape index (κ1) is 21.2. The second-order valence-corrected chi connectivity index (χ2v) is 8.45. The van der Waals surface area contributed by atoms with Crippen molar-refractivity contribution in [2.75, 3.05) is 0 Å². The van der Waals surface area contributed by atoms with Gasteiger partial charge in [0.1, 0.15) is 17.7 Å². The van der Waals surface area contributed by atoms with E-state index < -0.39 is 10.9 Å². The number of benzene rings is 2. The summed E-state index contributed by atoms with van der Waals surface area (Å²) in [6, 6.07) is 12.4. The van der Waals surface area contributed by atoms with Gasteiger partial charge >= 0.3 is 5.97 Å². The Kier molecular flexibility index (Phi) is 5.88. The van der Waals surface area contributed by atoms with Crippen LogP contribution in [-0.4, -0.2) is 27.1 Å². The van der Waals surface area contributed by atoms with E-state index in [-0.39, 0.29) is 35.2 Å². The maximum atomic E-state index is 12.9. The molecule has 2 atom stereocenters. The Balaban J connectivity index is 1.53. The number of ether oxygens (including phenoxy) is 2. The van der Waals surface area contributed by atoms with E-state index in [1.165, 1.54) is 40.9 Å². The van der Waals surface area contributed by atoms with Gasteiger partial charge in [0.05, 0.1) is 10.8 Å². The number of hydrogen-bond acceptors (Lipinski definition) is 7. The molecule has 1 fully saturated rings. The molecule has 8 nitrogen and oxygen atoms in total. The van der Waals surface area contributed by atoms with Gasteiger partial charge in [-0.05, 0) is 48.4 Å². The third-order valence-corrected chi connectivity index (χ3v) is 6.51. The van der Waals surface area contributed by atoms with Crippen molar-refractivity contribution < 1.29 is 24.0 Å². The van der Waals surface area contributed by atoms with E-state index in [9.17, 15) is 19.7 Å². The minimum Gasteiger partial charge on any atom is -0.456 e. The third kappa shape index (κ3) is 4.11. The van der Waals surface area contributed by atoms with Gasteiger partial charge in [0, 0.05) is 17.2 Å². The summed E-state index contributed by atoms with van der Waals surface area (Å²) in [5.41, 5.74) is 0.605. The number of rotatable bonds is 7. The maximum Gasteiger partial charge on any atom is 0.359 e. The SMILES string of the molecule is CCC1C(=O)N2C(C(=O)OCc3ccc([N+](=O)[O-])cc3)=C(Oc3ccc(Cl)cc3)SC12. The molecule has 2 aliphatic rings. The van der Waals surface area contributed by atoms with Crippen molar-refractivity contribution in [1.29, 1.82) is 0 Å². The van der Waals surface area contributed by atoms with Crippen molar-refractivity contribution in [2.45, 2.75) is 25.3 Å². The number of esters is 1. The number of fused-ring (bicyclic) bond motifs is 1. The Morgan fingerprint density at radius 2 is 1.87 bits per heavy atom. The van der Waals surface area contributed by atoms with Gasteiger partial charge < -0.3 is 9.47 Å². The zero-order chi connectivity index (χ0) is 22.1. The van der Waals surface area contributed by atoms with Crippen LogP contribution in [0.3, 0.4) is 0 Å². The normalized spacial score (nSPS) is 19.7. The second kappa shape index (κ2) is 8.60. The lowest BCUT2D eigenvalue weighted by Gasteiger charge is -2.41. The number of nitro benzene ring substituents is 1. The standard InChI is InChI=1S/C21H17ClN2O6S/c1-2-16-18(25)23-17(20(26)29-11-12-3-7-14(8-4-12)24(27)28)21(31-19(16)23)30-15-9-5-13(22)6-10-15/h3-10,16,19H,2,11H2,1H3. The number of thioether (sulfide) groups is 1. The highest BCUT2D eigenvalue weighted by Crippen LogP contribution is 2.50. The Labute approximate surface area is 186 Å². The van der Waals surface area contributed by atoms with Crippen LogP contribution in [0.15, 0.2) is 59.3 Å². The number of halogens is 1. The number of nitrogens with zero attached hydrogens (tertiary/aromatic N) is 2. The summed E-state index contributed by atoms with van der Waals surface area (Å²) in [7, 11) is 0. The molecule has 0 N–H and O–H groups in total. The summed E-state index contributed by atoms with van der Waals surface area (Å²) in [6.45, 7) is 1.83. The number of nitro groups is 1. The molecule has 0 aliphatic carbocycles. The topological polar surface area (TPSA) is 99.0 Å². The predicted molar refractivity (Wildman–Crippen MR) is 114 cm³/mol. The van der Waals surface area contributed by atoms with Gasteiger partial charge in [0.25, 0.3) is 5.69 Å². The zero-order valence-corrected chi connectivity index (χ0v) is 17.9. The zero-order valence-electron chi connectivity index (χ0n) is 16.3. The molecule has 2 aliphatic heterocycles. The molecule has 1 amide bonds. The third-order valence-electron chi connectivity index (χ3n) is 4.99. The van der Waals surface area contributed by atoms with Crippen LogP contribution in [0, 0.1) is 16.0 Å². The van der Waals surface area contributed by atoms with Crippen LogP contribution in [0.5, 0.6) is 5.75 Å². The van der Waals surface area contributed by atoms with E-state index in [1.54, 1.807) is 24.3 Å². The van der Waals surface area contributed by atoms with Crippen LogP contribution in [0.25, 0.3) is 0 Å². The van der Waals surface area contributed by atoms with Crippen molar-refractivity contribution in [2.24, 2.45) is 5.92 Å². The van der Waals surface area contributed by atoms with Crippen LogP contribution >= 0.6 is 23.4 Å². The molecule has 0 aromatic heterocycles. The summed E-state index contributed by atoms with van der Waals surface area (Å²) < 4.78 is 11.3. The fourth-order valence-electron chi connectivity index (χ4n) is 3.33. The van der Waals surface area contributed by atoms with E-state index in [4.69, 9.17) is 21.1 Å². The van der Waals surface area contributed by atoms with Crippen molar-refractivity contribution in [3.63, 3.8) is 0 Å². The number of carbonyl (C=O) groups excluding carboxylic acids is 2. The minimum absolute atomic E-state index is 0.0525. The summed E-state index contributed by atoms with van der Waals surface area (Å²) in [5, 5.41) is 11.4. The van der Waals surface area contributed by atoms with Crippen molar-refractivity contribution in [3.8, 4) is 5.75 Å². The lowest BCUT2D eigenvalue weighted by Crippen LogP contribution is -2.57. The smallest absolute Gasteiger partial charge is 0.359 e. The van der Waals surface area contributed by atoms with Gasteiger partial charge in [-0.3, -0.25) is 19.8 Å². The molecule has 2 aromatic rings. The fraction of sp³-hybridized carbons (Fsp3) is 0.238. The number of hydrogen-bond donors (Lipinski definition) is 0. The molecule has 2 heterocycles. The first-order valence-electron chi connectivity index (χ1n) is 9.47. The van der Waals surface area contributed by atoms with Crippen molar-refractivity contribution in [3.05, 3.63) is 80.0 Å². The summed E-state index contributed by atoms with van der Waals surface area (Å²) in [5.74, 6) is -0.540. The first-order chi connectivity index (χ1) is 14.9. The minimum atomic E-state index is -0.694. The molecule has 31 heavy (non-hydrogen) atoms. The molecule has 0 radical (unpaired) electrons. The summed E-state index contributed by atoms with van der Waals surface area (Å²) >= 11 is 7.22. The van der Waals surface area contributed by atoms with Gasteiger partial charge in [-0.2, -0.15) is 0 Å². The second-order valence-electron chi connectivity index (χ2n) is 6.92. The largest absolute Gasteiger partial charge is 0.456 e. The van der Waals surface area contributed by atoms with Crippen molar-refractivity contribution in [1.82, 2.24) is 4.90 Å². The Morgan fingerprint density at radius 3 is 2.48 bits per heavy atom. The van der Waals surface area contributed by atoms with Crippen LogP contribution in [-0.2, 0) is 20.9 Å². The average molecular weight is 461 g/mol. The fourth-order valence-corrected chi connectivity index (χ4v) is 4.90. The summed E-state index contributed by atoms with van der Waals surface area (Å²) in [4.78, 5) is 37.1. The highest BCUT2D eigenvalue weighted by Gasteiger charge is 2.56. The van der Waals surface area contributed by atoms with Gasteiger partial charge in [-0.25, -0.2) is 4.79 Å². The van der Waals surface area contributed by atoms with Gasteiger partial charge in [-0.15, -0.1) is 0 Å². The van der Waals surface area contributed by atoms with Crippen molar-refractivity contribution >= 4 is 40.9 Å². The number of amides is 1. The molecule has 2 aromatic carbocycles. The Morgan fingerprint density at radius 1 is 1.19 bits per heavy atom. The molecular formula is C21H17ClN2O6S. The lowest BCUT2D eigenvalue weighted by molar-refractivity contribution is -0.384. The molecule has 0 bridgehead atoms.